The average Bonchev–Trinajstić information content (AvgIpc) is 3.16. The third-order valence-electron chi connectivity index (χ3n) is 6.58. The molecule has 9 heteroatoms. The molecule has 1 aliphatic heterocycles. The Morgan fingerprint density at radius 2 is 1.74 bits per heavy atom. The van der Waals surface area contributed by atoms with Crippen LogP contribution in [0.25, 0.3) is 5.76 Å². The maximum absolute atomic E-state index is 13.3. The Kier molecular flexibility index (Phi) is 9.90. The van der Waals surface area contributed by atoms with Crippen LogP contribution in [0, 0.1) is 6.92 Å². The first kappa shape index (κ1) is 28.7. The molecule has 0 bridgehead atoms. The molecule has 1 aliphatic rings. The lowest BCUT2D eigenvalue weighted by atomic mass is 9.94. The number of nitrogens with two attached hydrogens (primary N) is 1. The Balaban J connectivity index is 2.04. The first-order chi connectivity index (χ1) is 18.2. The predicted octanol–water partition coefficient (Wildman–Crippen LogP) is 3.41. The smallest absolute Gasteiger partial charge is 0.295 e. The first-order valence-corrected chi connectivity index (χ1v) is 13.0. The molecule has 204 valence electrons. The van der Waals surface area contributed by atoms with Crippen LogP contribution in [0.1, 0.15) is 49.9 Å². The number of ketones is 1. The van der Waals surface area contributed by atoms with Gasteiger partial charge in [-0.1, -0.05) is 32.9 Å². The minimum atomic E-state index is -0.785. The summed E-state index contributed by atoms with van der Waals surface area (Å²) in [5.74, 6) is -1.10. The maximum Gasteiger partial charge on any atom is 0.295 e. The van der Waals surface area contributed by atoms with Gasteiger partial charge in [-0.15, -0.1) is 0 Å². The Labute approximate surface area is 223 Å². The van der Waals surface area contributed by atoms with Gasteiger partial charge in [-0.2, -0.15) is 0 Å². The summed E-state index contributed by atoms with van der Waals surface area (Å²) in [6.07, 6.45) is 0.866. The highest BCUT2D eigenvalue weighted by molar-refractivity contribution is 6.46. The zero-order chi connectivity index (χ0) is 27.8. The van der Waals surface area contributed by atoms with Crippen LogP contribution in [0.5, 0.6) is 11.5 Å². The molecule has 0 radical (unpaired) electrons. The number of amides is 2. The van der Waals surface area contributed by atoms with E-state index in [1.807, 2.05) is 27.7 Å². The summed E-state index contributed by atoms with van der Waals surface area (Å²) in [6.45, 7) is 10.8. The van der Waals surface area contributed by atoms with Crippen molar-refractivity contribution < 1.29 is 29.0 Å². The second-order valence-electron chi connectivity index (χ2n) is 9.17. The van der Waals surface area contributed by atoms with Gasteiger partial charge in [-0.25, -0.2) is 0 Å². The highest BCUT2D eigenvalue weighted by Crippen LogP contribution is 2.40. The largest absolute Gasteiger partial charge is 0.507 e. The fourth-order valence-corrected chi connectivity index (χ4v) is 4.47. The number of benzene rings is 2. The minimum Gasteiger partial charge on any atom is -0.507 e. The molecule has 2 aromatic rings. The number of hydrogen-bond acceptors (Lipinski definition) is 7. The standard InChI is InChI=1S/C29H37N3O6/c1-5-16-37-23-13-10-21(17-19(23)4)27(34)25-26(20-8-11-22(12-9-20)38-18-24(30)33)32(29(36)28(25)35)15-14-31(6-2)7-3/h8-13,17,26,34H,5-7,14-16,18H2,1-4H3,(H2,30,33). The Morgan fingerprint density at radius 1 is 1.05 bits per heavy atom. The number of aliphatic hydroxyl groups is 1. The number of likely N-dealkylation sites (N-methyl/N-ethyl adjacent to an activating group) is 1. The van der Waals surface area contributed by atoms with E-state index in [2.05, 4.69) is 4.90 Å². The molecule has 3 N–H and O–H groups in total. The molecule has 1 fully saturated rings. The lowest BCUT2D eigenvalue weighted by Crippen LogP contribution is -2.38. The maximum atomic E-state index is 13.3. The van der Waals surface area contributed by atoms with Gasteiger partial charge in [-0.3, -0.25) is 14.4 Å². The van der Waals surface area contributed by atoms with Crippen molar-refractivity contribution in [3.63, 3.8) is 0 Å². The lowest BCUT2D eigenvalue weighted by Gasteiger charge is -2.28. The molecule has 2 aromatic carbocycles. The topological polar surface area (TPSA) is 122 Å². The van der Waals surface area contributed by atoms with Gasteiger partial charge in [-0.05, 0) is 67.9 Å². The van der Waals surface area contributed by atoms with E-state index < -0.39 is 23.6 Å². The Bertz CT molecular complexity index is 1190. The Hall–Kier alpha value is -3.85. The monoisotopic (exact) mass is 523 g/mol. The number of nitrogens with zero attached hydrogens (tertiary/aromatic N) is 2. The van der Waals surface area contributed by atoms with E-state index in [0.29, 0.717) is 42.3 Å². The molecule has 0 saturated carbocycles. The minimum absolute atomic E-state index is 0.0296. The van der Waals surface area contributed by atoms with Crippen molar-refractivity contribution in [2.45, 2.75) is 40.2 Å². The SMILES string of the molecule is CCCOc1ccc(C(O)=C2C(=O)C(=O)N(CCN(CC)CC)C2c2ccc(OCC(N)=O)cc2)cc1C. The van der Waals surface area contributed by atoms with Crippen molar-refractivity contribution in [3.05, 3.63) is 64.7 Å². The molecule has 1 heterocycles. The number of ether oxygens (including phenoxy) is 2. The van der Waals surface area contributed by atoms with Gasteiger partial charge in [0.05, 0.1) is 18.2 Å². The number of Topliss-reactive ketones (excluding diaryl/α,β-unsaturated/α-hetero) is 1. The van der Waals surface area contributed by atoms with Crippen LogP contribution in [-0.2, 0) is 14.4 Å². The number of hydrogen-bond donors (Lipinski definition) is 2. The second-order valence-corrected chi connectivity index (χ2v) is 9.17. The third kappa shape index (κ3) is 6.52. The number of carbonyl (C=O) groups is 3. The van der Waals surface area contributed by atoms with Crippen LogP contribution in [0.3, 0.4) is 0 Å². The second kappa shape index (κ2) is 13.1. The summed E-state index contributed by atoms with van der Waals surface area (Å²) in [5, 5.41) is 11.4. The van der Waals surface area contributed by atoms with Crippen LogP contribution < -0.4 is 15.2 Å². The molecule has 2 amide bonds. The first-order valence-electron chi connectivity index (χ1n) is 13.0. The number of aryl methyl sites for hydroxylation is 1. The van der Waals surface area contributed by atoms with Crippen molar-refractivity contribution in [3.8, 4) is 11.5 Å². The summed E-state index contributed by atoms with van der Waals surface area (Å²) < 4.78 is 11.1. The highest BCUT2D eigenvalue weighted by atomic mass is 16.5. The van der Waals surface area contributed by atoms with E-state index in [1.54, 1.807) is 42.5 Å². The van der Waals surface area contributed by atoms with E-state index in [0.717, 1.165) is 25.1 Å². The molecule has 3 rings (SSSR count). The van der Waals surface area contributed by atoms with Gasteiger partial charge in [0, 0.05) is 18.7 Å². The van der Waals surface area contributed by atoms with Crippen molar-refractivity contribution in [1.82, 2.24) is 9.80 Å². The van der Waals surface area contributed by atoms with E-state index in [1.165, 1.54) is 4.90 Å². The zero-order valence-corrected chi connectivity index (χ0v) is 22.5. The van der Waals surface area contributed by atoms with Gasteiger partial charge < -0.3 is 30.1 Å². The van der Waals surface area contributed by atoms with Crippen molar-refractivity contribution in [2.75, 3.05) is 39.4 Å². The molecule has 1 unspecified atom stereocenters. The normalized spacial score (nSPS) is 16.8. The van der Waals surface area contributed by atoms with Crippen molar-refractivity contribution >= 4 is 23.4 Å². The fraction of sp³-hybridized carbons (Fsp3) is 0.414. The van der Waals surface area contributed by atoms with E-state index >= 15 is 0 Å². The summed E-state index contributed by atoms with van der Waals surface area (Å²) in [7, 11) is 0. The number of carbonyl (C=O) groups excluding carboxylic acids is 3. The van der Waals surface area contributed by atoms with E-state index in [4.69, 9.17) is 15.2 Å². The van der Waals surface area contributed by atoms with Gasteiger partial charge >= 0.3 is 0 Å². The van der Waals surface area contributed by atoms with Gasteiger partial charge in [0.15, 0.2) is 6.61 Å². The van der Waals surface area contributed by atoms with Crippen LogP contribution in [0.15, 0.2) is 48.0 Å². The van der Waals surface area contributed by atoms with Crippen LogP contribution in [0.4, 0.5) is 0 Å². The van der Waals surface area contributed by atoms with Crippen molar-refractivity contribution in [1.29, 1.82) is 0 Å². The van der Waals surface area contributed by atoms with E-state index in [9.17, 15) is 19.5 Å². The molecule has 0 aliphatic carbocycles. The molecular formula is C29H37N3O6. The fourth-order valence-electron chi connectivity index (χ4n) is 4.47. The number of aliphatic hydroxyl groups excluding tert-OH is 1. The van der Waals surface area contributed by atoms with Crippen LogP contribution in [-0.4, -0.2) is 71.9 Å². The van der Waals surface area contributed by atoms with Crippen LogP contribution in [0.2, 0.25) is 0 Å². The van der Waals surface area contributed by atoms with E-state index in [-0.39, 0.29) is 17.9 Å². The summed E-state index contributed by atoms with van der Waals surface area (Å²) in [6, 6.07) is 11.1. The quantitative estimate of drug-likeness (QED) is 0.234. The summed E-state index contributed by atoms with van der Waals surface area (Å²) in [4.78, 5) is 41.3. The molecule has 1 atom stereocenters. The summed E-state index contributed by atoms with van der Waals surface area (Å²) >= 11 is 0. The molecule has 38 heavy (non-hydrogen) atoms. The number of primary amides is 1. The number of likely N-dealkylation sites (tertiary alicyclic amines) is 1. The molecule has 1 saturated heterocycles. The Morgan fingerprint density at radius 3 is 2.32 bits per heavy atom. The third-order valence-corrected chi connectivity index (χ3v) is 6.58. The lowest BCUT2D eigenvalue weighted by molar-refractivity contribution is -0.140. The number of rotatable bonds is 13. The van der Waals surface area contributed by atoms with Gasteiger partial charge in [0.2, 0.25) is 0 Å². The zero-order valence-electron chi connectivity index (χ0n) is 22.5. The molecule has 0 aromatic heterocycles. The highest BCUT2D eigenvalue weighted by Gasteiger charge is 2.46. The van der Waals surface area contributed by atoms with Gasteiger partial charge in [0.25, 0.3) is 17.6 Å². The van der Waals surface area contributed by atoms with Crippen LogP contribution >= 0.6 is 0 Å². The predicted molar refractivity (Wildman–Crippen MR) is 145 cm³/mol. The molecular weight excluding hydrogens is 486 g/mol. The molecule has 0 spiro atoms. The van der Waals surface area contributed by atoms with Crippen molar-refractivity contribution in [2.24, 2.45) is 5.73 Å². The van der Waals surface area contributed by atoms with Gasteiger partial charge in [0.1, 0.15) is 17.3 Å². The average molecular weight is 524 g/mol. The molecule has 9 nitrogen and oxygen atoms in total. The summed E-state index contributed by atoms with van der Waals surface area (Å²) in [5.41, 5.74) is 7.06.